The van der Waals surface area contributed by atoms with Crippen LogP contribution in [0.4, 0.5) is 0 Å². The van der Waals surface area contributed by atoms with Gasteiger partial charge >= 0.3 is 0 Å². The van der Waals surface area contributed by atoms with Crippen LogP contribution in [0.15, 0.2) is 117 Å². The van der Waals surface area contributed by atoms with Crippen LogP contribution in [-0.2, 0) is 0 Å². The highest BCUT2D eigenvalue weighted by molar-refractivity contribution is 7.99. The van der Waals surface area contributed by atoms with Crippen molar-refractivity contribution >= 4 is 66.4 Å². The van der Waals surface area contributed by atoms with E-state index in [1.807, 2.05) is 12.1 Å². The first-order chi connectivity index (χ1) is 18.3. The quantitative estimate of drug-likeness (QED) is 0.230. The number of para-hydroxylation sites is 2. The van der Waals surface area contributed by atoms with Crippen LogP contribution in [0.2, 0.25) is 0 Å². The first kappa shape index (κ1) is 19.6. The summed E-state index contributed by atoms with van der Waals surface area (Å²) < 4.78 is 8.50. The van der Waals surface area contributed by atoms with Crippen LogP contribution in [0.1, 0.15) is 0 Å². The van der Waals surface area contributed by atoms with Gasteiger partial charge in [0.15, 0.2) is 0 Å². The van der Waals surface area contributed by atoms with Gasteiger partial charge in [0.2, 0.25) is 5.95 Å². The number of rotatable bonds is 1. The topological polar surface area (TPSA) is 43.9 Å². The predicted molar refractivity (Wildman–Crippen MR) is 151 cm³/mol. The summed E-state index contributed by atoms with van der Waals surface area (Å²) in [5, 5.41) is 5.64. The van der Waals surface area contributed by atoms with Crippen molar-refractivity contribution in [3.8, 4) is 17.2 Å². The highest BCUT2D eigenvalue weighted by atomic mass is 32.2. The fourth-order valence-electron chi connectivity index (χ4n) is 5.86. The van der Waals surface area contributed by atoms with Crippen molar-refractivity contribution in [2.75, 3.05) is 0 Å². The molecule has 1 aliphatic heterocycles. The third-order valence-electron chi connectivity index (χ3n) is 7.41. The lowest BCUT2D eigenvalue weighted by Crippen LogP contribution is -2.05. The zero-order valence-corrected chi connectivity index (χ0v) is 20.3. The molecule has 0 radical (unpaired) electrons. The van der Waals surface area contributed by atoms with Gasteiger partial charge in [-0.2, -0.15) is 0 Å². The van der Waals surface area contributed by atoms with Gasteiger partial charge in [0.1, 0.15) is 11.2 Å². The fourth-order valence-corrected chi connectivity index (χ4v) is 6.97. The molecule has 0 saturated heterocycles. The molecule has 4 heterocycles. The first-order valence-corrected chi connectivity index (χ1v) is 13.1. The van der Waals surface area contributed by atoms with Gasteiger partial charge in [-0.15, -0.1) is 0 Å². The molecule has 172 valence electrons. The number of hydrogen-bond acceptors (Lipinski definition) is 4. The smallest absolute Gasteiger partial charge is 0.235 e. The van der Waals surface area contributed by atoms with Gasteiger partial charge in [-0.25, -0.2) is 9.97 Å². The second-order valence-electron chi connectivity index (χ2n) is 9.41. The van der Waals surface area contributed by atoms with E-state index in [4.69, 9.17) is 14.4 Å². The number of fused-ring (bicyclic) bond motifs is 9. The third kappa shape index (κ3) is 2.54. The molecule has 5 heteroatoms. The summed E-state index contributed by atoms with van der Waals surface area (Å²) >= 11 is 1.79. The maximum absolute atomic E-state index is 6.28. The summed E-state index contributed by atoms with van der Waals surface area (Å²) in [5.74, 6) is 0.672. The van der Waals surface area contributed by atoms with E-state index in [1.165, 1.54) is 15.2 Å². The average Bonchev–Trinajstić information content (AvgIpc) is 3.49. The van der Waals surface area contributed by atoms with Crippen molar-refractivity contribution in [2.24, 2.45) is 0 Å². The predicted octanol–water partition coefficient (Wildman–Crippen LogP) is 8.76. The van der Waals surface area contributed by atoms with Gasteiger partial charge in [-0.05, 0) is 42.5 Å². The van der Waals surface area contributed by atoms with E-state index < -0.39 is 0 Å². The summed E-state index contributed by atoms with van der Waals surface area (Å²) in [6.07, 6.45) is 0. The molecule has 4 nitrogen and oxygen atoms in total. The zero-order valence-electron chi connectivity index (χ0n) is 19.5. The average molecular weight is 492 g/mol. The Morgan fingerprint density at radius 2 is 1.41 bits per heavy atom. The highest BCUT2D eigenvalue weighted by Gasteiger charge is 2.25. The minimum absolute atomic E-state index is 0.672. The Labute approximate surface area is 215 Å². The van der Waals surface area contributed by atoms with Gasteiger partial charge in [0.05, 0.1) is 27.6 Å². The van der Waals surface area contributed by atoms with Gasteiger partial charge in [-0.3, -0.25) is 4.57 Å². The highest BCUT2D eigenvalue weighted by Crippen LogP contribution is 2.47. The Hall–Kier alpha value is -4.61. The number of hydrogen-bond donors (Lipinski definition) is 0. The molecule has 1 aliphatic rings. The molecular formula is C32H17N3OS. The van der Waals surface area contributed by atoms with Gasteiger partial charge < -0.3 is 4.42 Å². The van der Waals surface area contributed by atoms with E-state index in [0.717, 1.165) is 60.5 Å². The summed E-state index contributed by atoms with van der Waals surface area (Å²) in [7, 11) is 0. The molecule has 0 fully saturated rings. The van der Waals surface area contributed by atoms with Crippen LogP contribution < -0.4 is 0 Å². The SMILES string of the molecule is c1ccc2c(c1)Sc1cccc3nc(-n4c5ccccc5c5ccc6oc7ccccc7c6c54)nc-2c13. The molecule has 3 aromatic heterocycles. The van der Waals surface area contributed by atoms with Crippen molar-refractivity contribution in [2.45, 2.75) is 9.79 Å². The summed E-state index contributed by atoms with van der Waals surface area (Å²) in [5.41, 5.74) is 6.99. The first-order valence-electron chi connectivity index (χ1n) is 12.3. The second kappa shape index (κ2) is 6.99. The standard InChI is InChI=1S/C32H17N3OS/c1-4-12-23-18(8-1)19-16-17-25-28(20-9-2-5-13-24(20)36-25)31(19)35(23)32-33-22-11-7-15-27-29(22)30(34-32)21-10-3-6-14-26(21)37-27/h1-17H. The van der Waals surface area contributed by atoms with Crippen molar-refractivity contribution < 1.29 is 4.42 Å². The largest absolute Gasteiger partial charge is 0.456 e. The third-order valence-corrected chi connectivity index (χ3v) is 8.55. The number of furan rings is 1. The van der Waals surface area contributed by atoms with E-state index in [1.54, 1.807) is 11.8 Å². The molecule has 37 heavy (non-hydrogen) atoms. The molecule has 9 rings (SSSR count). The normalized spacial score (nSPS) is 12.8. The molecule has 0 saturated carbocycles. The molecule has 0 atom stereocenters. The van der Waals surface area contributed by atoms with Crippen molar-refractivity contribution in [1.29, 1.82) is 0 Å². The molecule has 5 aromatic carbocycles. The number of benzene rings is 5. The lowest BCUT2D eigenvalue weighted by molar-refractivity contribution is 0.669. The van der Waals surface area contributed by atoms with E-state index in [9.17, 15) is 0 Å². The van der Waals surface area contributed by atoms with Crippen molar-refractivity contribution in [3.63, 3.8) is 0 Å². The minimum Gasteiger partial charge on any atom is -0.456 e. The maximum Gasteiger partial charge on any atom is 0.235 e. The van der Waals surface area contributed by atoms with E-state index in [-0.39, 0.29) is 0 Å². The molecule has 0 spiro atoms. The Kier molecular flexibility index (Phi) is 3.70. The monoisotopic (exact) mass is 491 g/mol. The Bertz CT molecular complexity index is 2240. The molecule has 0 amide bonds. The Morgan fingerprint density at radius 1 is 0.595 bits per heavy atom. The maximum atomic E-state index is 6.28. The summed E-state index contributed by atoms with van der Waals surface area (Å²) in [6, 6.07) is 35.9. The second-order valence-corrected chi connectivity index (χ2v) is 10.5. The molecular weight excluding hydrogens is 474 g/mol. The van der Waals surface area contributed by atoms with Crippen LogP contribution >= 0.6 is 11.8 Å². The van der Waals surface area contributed by atoms with Gasteiger partial charge in [-0.1, -0.05) is 72.4 Å². The molecule has 0 aliphatic carbocycles. The fraction of sp³-hybridized carbons (Fsp3) is 0. The summed E-state index contributed by atoms with van der Waals surface area (Å²) in [4.78, 5) is 12.9. The molecule has 0 bridgehead atoms. The molecule has 8 aromatic rings. The minimum atomic E-state index is 0.672. The van der Waals surface area contributed by atoms with Crippen molar-refractivity contribution in [3.05, 3.63) is 103 Å². The Balaban J connectivity index is 1.50. The lowest BCUT2D eigenvalue weighted by Gasteiger charge is -2.20. The van der Waals surface area contributed by atoms with Crippen LogP contribution in [-0.4, -0.2) is 14.5 Å². The van der Waals surface area contributed by atoms with Crippen molar-refractivity contribution in [1.82, 2.24) is 14.5 Å². The zero-order chi connectivity index (χ0) is 24.1. The van der Waals surface area contributed by atoms with E-state index in [2.05, 4.69) is 95.6 Å². The summed E-state index contributed by atoms with van der Waals surface area (Å²) in [6.45, 7) is 0. The lowest BCUT2D eigenvalue weighted by atomic mass is 10.1. The van der Waals surface area contributed by atoms with Gasteiger partial charge in [0, 0.05) is 36.9 Å². The van der Waals surface area contributed by atoms with Crippen LogP contribution in [0.5, 0.6) is 0 Å². The number of aromatic nitrogens is 3. The van der Waals surface area contributed by atoms with Crippen LogP contribution in [0.3, 0.4) is 0 Å². The van der Waals surface area contributed by atoms with Crippen LogP contribution in [0, 0.1) is 0 Å². The molecule has 0 unspecified atom stereocenters. The molecule has 0 N–H and O–H groups in total. The van der Waals surface area contributed by atoms with E-state index in [0.29, 0.717) is 5.95 Å². The van der Waals surface area contributed by atoms with E-state index >= 15 is 0 Å². The van der Waals surface area contributed by atoms with Gasteiger partial charge in [0.25, 0.3) is 0 Å². The Morgan fingerprint density at radius 3 is 2.38 bits per heavy atom. The van der Waals surface area contributed by atoms with Crippen LogP contribution in [0.25, 0.3) is 71.9 Å². The number of nitrogens with zero attached hydrogens (tertiary/aromatic N) is 3.